The monoisotopic (exact) mass is 262 g/mol. The zero-order chi connectivity index (χ0) is 13.3. The van der Waals surface area contributed by atoms with Crippen LogP contribution in [0.4, 0.5) is 0 Å². The molecule has 1 amide bonds. The summed E-state index contributed by atoms with van der Waals surface area (Å²) in [5, 5.41) is 3.47. The van der Waals surface area contributed by atoms with Crippen LogP contribution in [0.2, 0.25) is 0 Å². The normalized spacial score (nSPS) is 22.7. The predicted octanol–water partition coefficient (Wildman–Crippen LogP) is 2.34. The number of hydrogen-bond donors (Lipinski definition) is 1. The van der Waals surface area contributed by atoms with Gasteiger partial charge < -0.3 is 14.6 Å². The van der Waals surface area contributed by atoms with Gasteiger partial charge in [0.1, 0.15) is 12.0 Å². The fourth-order valence-electron chi connectivity index (χ4n) is 3.53. The van der Waals surface area contributed by atoms with Gasteiger partial charge >= 0.3 is 0 Å². The topological polar surface area (TPSA) is 45.5 Å². The number of furan rings is 1. The second-order valence-corrected chi connectivity index (χ2v) is 5.86. The van der Waals surface area contributed by atoms with Gasteiger partial charge in [-0.15, -0.1) is 0 Å². The molecule has 1 N–H and O–H groups in total. The zero-order valence-electron chi connectivity index (χ0n) is 11.6. The molecule has 0 radical (unpaired) electrons. The van der Waals surface area contributed by atoms with Crippen LogP contribution in [0.25, 0.3) is 0 Å². The second-order valence-electron chi connectivity index (χ2n) is 5.86. The first-order valence-electron chi connectivity index (χ1n) is 7.29. The lowest BCUT2D eigenvalue weighted by Gasteiger charge is -2.49. The molecule has 19 heavy (non-hydrogen) atoms. The first-order valence-corrected chi connectivity index (χ1v) is 7.29. The van der Waals surface area contributed by atoms with E-state index in [1.54, 1.807) is 6.26 Å². The van der Waals surface area contributed by atoms with E-state index in [0.717, 1.165) is 38.2 Å². The van der Waals surface area contributed by atoms with E-state index in [1.807, 2.05) is 13.0 Å². The third-order valence-electron chi connectivity index (χ3n) is 4.55. The van der Waals surface area contributed by atoms with Crippen molar-refractivity contribution in [1.82, 2.24) is 10.2 Å². The van der Waals surface area contributed by atoms with Crippen LogP contribution >= 0.6 is 0 Å². The fourth-order valence-corrected chi connectivity index (χ4v) is 3.53. The van der Waals surface area contributed by atoms with Gasteiger partial charge in [-0.1, -0.05) is 19.3 Å². The Bertz CT molecular complexity index is 452. The van der Waals surface area contributed by atoms with Gasteiger partial charge in [0.15, 0.2) is 0 Å². The van der Waals surface area contributed by atoms with Gasteiger partial charge in [-0.05, 0) is 25.8 Å². The van der Waals surface area contributed by atoms with Crippen molar-refractivity contribution in [2.75, 3.05) is 19.6 Å². The van der Waals surface area contributed by atoms with Crippen LogP contribution in [-0.2, 0) is 0 Å². The molecule has 0 atom stereocenters. The molecule has 1 aromatic heterocycles. The molecule has 104 valence electrons. The standard InChI is InChI=1S/C15H22N2O2/c1-12-9-13(10-19-12)14(18)17-8-7-16-11-15(17)5-3-2-4-6-15/h9-10,16H,2-8,11H2,1H3. The third kappa shape index (κ3) is 2.29. The molecule has 4 nitrogen and oxygen atoms in total. The van der Waals surface area contributed by atoms with Crippen molar-refractivity contribution < 1.29 is 9.21 Å². The molecule has 2 heterocycles. The quantitative estimate of drug-likeness (QED) is 0.845. The summed E-state index contributed by atoms with van der Waals surface area (Å²) in [6, 6.07) is 1.85. The van der Waals surface area contributed by atoms with E-state index < -0.39 is 0 Å². The minimum atomic E-state index is 0.0404. The Morgan fingerprint density at radius 2 is 2.16 bits per heavy atom. The number of carbonyl (C=O) groups excluding carboxylic acids is 1. The van der Waals surface area contributed by atoms with Crippen molar-refractivity contribution in [2.24, 2.45) is 0 Å². The number of rotatable bonds is 1. The molecule has 1 aromatic rings. The van der Waals surface area contributed by atoms with Crippen LogP contribution in [-0.4, -0.2) is 36.0 Å². The summed E-state index contributed by atoms with van der Waals surface area (Å²) >= 11 is 0. The number of nitrogens with zero attached hydrogens (tertiary/aromatic N) is 1. The highest BCUT2D eigenvalue weighted by molar-refractivity contribution is 5.94. The maximum absolute atomic E-state index is 12.7. The van der Waals surface area contributed by atoms with Crippen LogP contribution in [0.5, 0.6) is 0 Å². The Balaban J connectivity index is 1.85. The van der Waals surface area contributed by atoms with E-state index in [0.29, 0.717) is 5.56 Å². The van der Waals surface area contributed by atoms with Gasteiger partial charge in [-0.3, -0.25) is 4.79 Å². The van der Waals surface area contributed by atoms with Gasteiger partial charge in [0.2, 0.25) is 0 Å². The molecular formula is C15H22N2O2. The lowest BCUT2D eigenvalue weighted by molar-refractivity contribution is 0.0222. The minimum Gasteiger partial charge on any atom is -0.469 e. The van der Waals surface area contributed by atoms with E-state index in [-0.39, 0.29) is 11.4 Å². The van der Waals surface area contributed by atoms with Crippen LogP contribution in [0, 0.1) is 6.92 Å². The third-order valence-corrected chi connectivity index (χ3v) is 4.55. The molecule has 3 rings (SSSR count). The lowest BCUT2D eigenvalue weighted by Crippen LogP contribution is -2.63. The van der Waals surface area contributed by atoms with Crippen molar-refractivity contribution >= 4 is 5.91 Å². The second kappa shape index (κ2) is 5.00. The van der Waals surface area contributed by atoms with Crippen LogP contribution in [0.1, 0.15) is 48.2 Å². The molecule has 0 bridgehead atoms. The molecule has 0 unspecified atom stereocenters. The molecule has 1 aliphatic carbocycles. The van der Waals surface area contributed by atoms with E-state index in [9.17, 15) is 4.79 Å². The largest absolute Gasteiger partial charge is 0.469 e. The highest BCUT2D eigenvalue weighted by Gasteiger charge is 2.42. The molecule has 1 saturated heterocycles. The first-order chi connectivity index (χ1) is 9.21. The Hall–Kier alpha value is -1.29. The Morgan fingerprint density at radius 1 is 1.37 bits per heavy atom. The fraction of sp³-hybridized carbons (Fsp3) is 0.667. The molecule has 2 fully saturated rings. The van der Waals surface area contributed by atoms with E-state index >= 15 is 0 Å². The molecule has 1 spiro atoms. The molecule has 4 heteroatoms. The van der Waals surface area contributed by atoms with Gasteiger partial charge in [0.05, 0.1) is 11.1 Å². The van der Waals surface area contributed by atoms with Crippen molar-refractivity contribution in [3.63, 3.8) is 0 Å². The number of piperazine rings is 1. The van der Waals surface area contributed by atoms with Crippen LogP contribution < -0.4 is 5.32 Å². The van der Waals surface area contributed by atoms with E-state index in [2.05, 4.69) is 10.2 Å². The molecule has 2 aliphatic rings. The molecule has 0 aromatic carbocycles. The summed E-state index contributed by atoms with van der Waals surface area (Å²) in [6.45, 7) is 4.52. The first kappa shape index (κ1) is 12.7. The van der Waals surface area contributed by atoms with E-state index in [1.165, 1.54) is 19.3 Å². The summed E-state index contributed by atoms with van der Waals surface area (Å²) in [4.78, 5) is 14.8. The highest BCUT2D eigenvalue weighted by Crippen LogP contribution is 2.35. The predicted molar refractivity (Wildman–Crippen MR) is 73.2 cm³/mol. The molecule has 1 saturated carbocycles. The van der Waals surface area contributed by atoms with E-state index in [4.69, 9.17) is 4.42 Å². The maximum Gasteiger partial charge on any atom is 0.257 e. The maximum atomic E-state index is 12.7. The smallest absolute Gasteiger partial charge is 0.257 e. The van der Waals surface area contributed by atoms with Crippen molar-refractivity contribution in [1.29, 1.82) is 0 Å². The van der Waals surface area contributed by atoms with Crippen LogP contribution in [0.3, 0.4) is 0 Å². The summed E-state index contributed by atoms with van der Waals surface area (Å²) in [5.74, 6) is 0.941. The summed E-state index contributed by atoms with van der Waals surface area (Å²) in [5.41, 5.74) is 0.739. The highest BCUT2D eigenvalue weighted by atomic mass is 16.3. The van der Waals surface area contributed by atoms with Gasteiger partial charge in [-0.25, -0.2) is 0 Å². The molecule has 1 aliphatic heterocycles. The lowest BCUT2D eigenvalue weighted by atomic mass is 9.78. The minimum absolute atomic E-state index is 0.0404. The summed E-state index contributed by atoms with van der Waals surface area (Å²) in [6.07, 6.45) is 7.61. The average Bonchev–Trinajstić information content (AvgIpc) is 2.86. The Kier molecular flexibility index (Phi) is 3.35. The number of aryl methyl sites for hydroxylation is 1. The summed E-state index contributed by atoms with van der Waals surface area (Å²) < 4.78 is 5.29. The number of amides is 1. The zero-order valence-corrected chi connectivity index (χ0v) is 11.6. The Morgan fingerprint density at radius 3 is 2.84 bits per heavy atom. The number of carbonyl (C=O) groups is 1. The van der Waals surface area contributed by atoms with Crippen LogP contribution in [0.15, 0.2) is 16.7 Å². The van der Waals surface area contributed by atoms with Gasteiger partial charge in [-0.2, -0.15) is 0 Å². The Labute approximate surface area is 114 Å². The number of hydrogen-bond acceptors (Lipinski definition) is 3. The molecular weight excluding hydrogens is 240 g/mol. The van der Waals surface area contributed by atoms with Gasteiger partial charge in [0.25, 0.3) is 5.91 Å². The van der Waals surface area contributed by atoms with Crippen molar-refractivity contribution in [2.45, 2.75) is 44.6 Å². The van der Waals surface area contributed by atoms with Gasteiger partial charge in [0, 0.05) is 19.6 Å². The number of nitrogens with one attached hydrogen (secondary N) is 1. The average molecular weight is 262 g/mol. The van der Waals surface area contributed by atoms with Crippen molar-refractivity contribution in [3.8, 4) is 0 Å². The summed E-state index contributed by atoms with van der Waals surface area (Å²) in [7, 11) is 0. The van der Waals surface area contributed by atoms with Crippen molar-refractivity contribution in [3.05, 3.63) is 23.7 Å². The SMILES string of the molecule is Cc1cc(C(=O)N2CCNCC23CCCCC3)co1.